The van der Waals surface area contributed by atoms with Crippen molar-refractivity contribution in [3.05, 3.63) is 35.9 Å². The second kappa shape index (κ2) is 11.3. The van der Waals surface area contributed by atoms with Crippen LogP contribution in [0.3, 0.4) is 0 Å². The normalized spacial score (nSPS) is 10.7. The van der Waals surface area contributed by atoms with Crippen LogP contribution in [-0.4, -0.2) is 19.0 Å². The molecule has 0 bridgehead atoms. The number of unbranched alkanes of at least 4 members (excludes halogenated alkanes) is 1. The molecule has 1 aromatic carbocycles. The molecule has 2 N–H and O–H groups in total. The Labute approximate surface area is 127 Å². The first-order valence-electron chi connectivity index (χ1n) is 6.43. The Morgan fingerprint density at radius 2 is 1.83 bits per heavy atom. The summed E-state index contributed by atoms with van der Waals surface area (Å²) in [6.45, 7) is 6.88. The van der Waals surface area contributed by atoms with E-state index in [0.29, 0.717) is 0 Å². The molecule has 1 aromatic rings. The Kier molecular flexibility index (Phi) is 10.8. The summed E-state index contributed by atoms with van der Waals surface area (Å²) < 4.78 is 0. The Hall–Kier alpha value is -0.780. The molecule has 0 aliphatic rings. The summed E-state index contributed by atoms with van der Waals surface area (Å²) in [5, 5.41) is 6.58. The van der Waals surface area contributed by atoms with Crippen molar-refractivity contribution in [3.63, 3.8) is 0 Å². The van der Waals surface area contributed by atoms with Crippen LogP contribution in [0.15, 0.2) is 35.3 Å². The van der Waals surface area contributed by atoms with Crippen molar-refractivity contribution in [1.82, 2.24) is 10.6 Å². The molecule has 0 spiro atoms. The zero-order valence-electron chi connectivity index (χ0n) is 11.3. The number of hydrogen-bond acceptors (Lipinski definition) is 1. The minimum atomic E-state index is 0. The molecular formula is C14H24IN3. The van der Waals surface area contributed by atoms with E-state index < -0.39 is 0 Å². The van der Waals surface area contributed by atoms with E-state index in [-0.39, 0.29) is 24.0 Å². The van der Waals surface area contributed by atoms with E-state index in [1.807, 2.05) is 18.2 Å². The maximum absolute atomic E-state index is 4.55. The van der Waals surface area contributed by atoms with Crippen LogP contribution in [0.25, 0.3) is 0 Å². The Morgan fingerprint density at radius 1 is 1.11 bits per heavy atom. The van der Waals surface area contributed by atoms with Crippen molar-refractivity contribution in [2.75, 3.05) is 13.1 Å². The van der Waals surface area contributed by atoms with Crippen LogP contribution in [0.2, 0.25) is 0 Å². The lowest BCUT2D eigenvalue weighted by Crippen LogP contribution is -2.37. The van der Waals surface area contributed by atoms with Gasteiger partial charge in [-0.25, -0.2) is 4.99 Å². The second-order valence-corrected chi connectivity index (χ2v) is 3.96. The van der Waals surface area contributed by atoms with E-state index in [1.165, 1.54) is 18.4 Å². The highest BCUT2D eigenvalue weighted by molar-refractivity contribution is 14.0. The van der Waals surface area contributed by atoms with Crippen LogP contribution in [0.1, 0.15) is 32.3 Å². The maximum Gasteiger partial charge on any atom is 0.191 e. The van der Waals surface area contributed by atoms with Crippen molar-refractivity contribution >= 4 is 29.9 Å². The molecule has 4 heteroatoms. The van der Waals surface area contributed by atoms with E-state index in [4.69, 9.17) is 0 Å². The topological polar surface area (TPSA) is 36.4 Å². The molecule has 0 saturated heterocycles. The average molecular weight is 361 g/mol. The van der Waals surface area contributed by atoms with Gasteiger partial charge in [-0.2, -0.15) is 0 Å². The first-order chi connectivity index (χ1) is 8.36. The second-order valence-electron chi connectivity index (χ2n) is 3.96. The van der Waals surface area contributed by atoms with Crippen LogP contribution in [0.5, 0.6) is 0 Å². The molecule has 0 saturated carbocycles. The third kappa shape index (κ3) is 7.53. The zero-order chi connectivity index (χ0) is 12.3. The number of halogens is 1. The lowest BCUT2D eigenvalue weighted by Gasteiger charge is -2.10. The highest BCUT2D eigenvalue weighted by Gasteiger charge is 1.95. The summed E-state index contributed by atoms with van der Waals surface area (Å²) in [6, 6.07) is 10.3. The third-order valence-electron chi connectivity index (χ3n) is 2.43. The molecule has 102 valence electrons. The molecule has 0 unspecified atom stereocenters. The number of hydrogen-bond donors (Lipinski definition) is 2. The van der Waals surface area contributed by atoms with E-state index >= 15 is 0 Å². The standard InChI is InChI=1S/C14H23N3.HI/c1-3-5-11-16-14(15-4-2)17-12-13-9-7-6-8-10-13;/h6-10H,3-5,11-12H2,1-2H3,(H2,15,16,17);1H. The minimum Gasteiger partial charge on any atom is -0.357 e. The van der Waals surface area contributed by atoms with Gasteiger partial charge in [0.05, 0.1) is 6.54 Å². The zero-order valence-corrected chi connectivity index (χ0v) is 13.6. The minimum absolute atomic E-state index is 0. The molecule has 0 aliphatic carbocycles. The fourth-order valence-electron chi connectivity index (χ4n) is 1.48. The number of aliphatic imine (C=N–C) groups is 1. The highest BCUT2D eigenvalue weighted by Crippen LogP contribution is 1.99. The summed E-state index contributed by atoms with van der Waals surface area (Å²) in [7, 11) is 0. The summed E-state index contributed by atoms with van der Waals surface area (Å²) >= 11 is 0. The molecule has 18 heavy (non-hydrogen) atoms. The first-order valence-corrected chi connectivity index (χ1v) is 6.43. The molecule has 0 aromatic heterocycles. The summed E-state index contributed by atoms with van der Waals surface area (Å²) in [4.78, 5) is 4.55. The van der Waals surface area contributed by atoms with E-state index in [0.717, 1.165) is 25.6 Å². The van der Waals surface area contributed by atoms with Crippen molar-refractivity contribution in [3.8, 4) is 0 Å². The van der Waals surface area contributed by atoms with Gasteiger partial charge in [-0.3, -0.25) is 0 Å². The molecule has 0 atom stereocenters. The van der Waals surface area contributed by atoms with Crippen LogP contribution in [0, 0.1) is 0 Å². The maximum atomic E-state index is 4.55. The summed E-state index contributed by atoms with van der Waals surface area (Å²) in [5.74, 6) is 0.907. The van der Waals surface area contributed by atoms with Gasteiger partial charge in [-0.15, -0.1) is 24.0 Å². The fraction of sp³-hybridized carbons (Fsp3) is 0.500. The van der Waals surface area contributed by atoms with Gasteiger partial charge in [-0.05, 0) is 18.9 Å². The van der Waals surface area contributed by atoms with Gasteiger partial charge in [0.25, 0.3) is 0 Å². The van der Waals surface area contributed by atoms with Gasteiger partial charge < -0.3 is 10.6 Å². The lowest BCUT2D eigenvalue weighted by molar-refractivity contribution is 0.730. The number of nitrogens with one attached hydrogen (secondary N) is 2. The van der Waals surface area contributed by atoms with Crippen molar-refractivity contribution in [1.29, 1.82) is 0 Å². The molecule has 0 aliphatic heterocycles. The Bertz CT molecular complexity index is 325. The van der Waals surface area contributed by atoms with Gasteiger partial charge in [0.2, 0.25) is 0 Å². The largest absolute Gasteiger partial charge is 0.357 e. The summed E-state index contributed by atoms with van der Waals surface area (Å²) in [6.07, 6.45) is 2.38. The van der Waals surface area contributed by atoms with Crippen LogP contribution in [-0.2, 0) is 6.54 Å². The van der Waals surface area contributed by atoms with Gasteiger partial charge in [0, 0.05) is 13.1 Å². The third-order valence-corrected chi connectivity index (χ3v) is 2.43. The molecule has 3 nitrogen and oxygen atoms in total. The number of guanidine groups is 1. The quantitative estimate of drug-likeness (QED) is 0.354. The van der Waals surface area contributed by atoms with E-state index in [9.17, 15) is 0 Å². The van der Waals surface area contributed by atoms with Gasteiger partial charge in [0.1, 0.15) is 0 Å². The van der Waals surface area contributed by atoms with Crippen LogP contribution >= 0.6 is 24.0 Å². The monoisotopic (exact) mass is 361 g/mol. The average Bonchev–Trinajstić information content (AvgIpc) is 2.37. The molecule has 0 fully saturated rings. The Balaban J connectivity index is 0.00000289. The fourth-order valence-corrected chi connectivity index (χ4v) is 1.48. The van der Waals surface area contributed by atoms with Crippen molar-refractivity contribution in [2.24, 2.45) is 4.99 Å². The van der Waals surface area contributed by atoms with Crippen LogP contribution in [0.4, 0.5) is 0 Å². The van der Waals surface area contributed by atoms with Gasteiger partial charge >= 0.3 is 0 Å². The van der Waals surface area contributed by atoms with Crippen LogP contribution < -0.4 is 10.6 Å². The highest BCUT2D eigenvalue weighted by atomic mass is 127. The smallest absolute Gasteiger partial charge is 0.191 e. The SMILES string of the molecule is CCCCNC(=NCc1ccccc1)NCC.I. The molecule has 0 radical (unpaired) electrons. The van der Waals surface area contributed by atoms with Crippen molar-refractivity contribution < 1.29 is 0 Å². The number of rotatable bonds is 6. The first kappa shape index (κ1) is 17.2. The predicted octanol–water partition coefficient (Wildman–Crippen LogP) is 3.16. The number of nitrogens with zero attached hydrogens (tertiary/aromatic N) is 1. The Morgan fingerprint density at radius 3 is 2.44 bits per heavy atom. The molecular weight excluding hydrogens is 337 g/mol. The molecule has 0 heterocycles. The van der Waals surface area contributed by atoms with E-state index in [1.54, 1.807) is 0 Å². The van der Waals surface area contributed by atoms with Gasteiger partial charge in [0.15, 0.2) is 5.96 Å². The van der Waals surface area contributed by atoms with Gasteiger partial charge in [-0.1, -0.05) is 43.7 Å². The number of benzene rings is 1. The molecule has 1 rings (SSSR count). The van der Waals surface area contributed by atoms with Crippen molar-refractivity contribution in [2.45, 2.75) is 33.2 Å². The predicted molar refractivity (Wildman–Crippen MR) is 89.6 cm³/mol. The summed E-state index contributed by atoms with van der Waals surface area (Å²) in [5.41, 5.74) is 1.24. The lowest BCUT2D eigenvalue weighted by atomic mass is 10.2. The van der Waals surface area contributed by atoms with E-state index in [2.05, 4.69) is 41.6 Å². The molecule has 0 amide bonds.